The van der Waals surface area contributed by atoms with Crippen LogP contribution in [0.4, 0.5) is 0 Å². The molecule has 2 aromatic carbocycles. The smallest absolute Gasteiger partial charge is 0.251 e. The van der Waals surface area contributed by atoms with E-state index < -0.39 is 0 Å². The van der Waals surface area contributed by atoms with Gasteiger partial charge >= 0.3 is 0 Å². The zero-order valence-corrected chi connectivity index (χ0v) is 14.0. The number of benzene rings is 2. The lowest BCUT2D eigenvalue weighted by Gasteiger charge is -2.07. The molecule has 0 fully saturated rings. The molecule has 2 N–H and O–H groups in total. The third-order valence-electron chi connectivity index (χ3n) is 3.57. The van der Waals surface area contributed by atoms with Gasteiger partial charge in [0.15, 0.2) is 0 Å². The molecule has 0 unspecified atom stereocenters. The van der Waals surface area contributed by atoms with E-state index in [2.05, 4.69) is 15.6 Å². The summed E-state index contributed by atoms with van der Waals surface area (Å²) in [5.41, 5.74) is 2.39. The van der Waals surface area contributed by atoms with E-state index in [0.717, 1.165) is 20.8 Å². The first-order chi connectivity index (χ1) is 11.6. The van der Waals surface area contributed by atoms with Gasteiger partial charge in [-0.1, -0.05) is 30.3 Å². The molecule has 0 bridgehead atoms. The van der Waals surface area contributed by atoms with E-state index in [4.69, 9.17) is 0 Å². The van der Waals surface area contributed by atoms with Gasteiger partial charge in [-0.05, 0) is 30.7 Å². The lowest BCUT2D eigenvalue weighted by molar-refractivity contribution is -0.120. The largest absolute Gasteiger partial charge is 0.348 e. The number of rotatable bonds is 5. The molecule has 0 saturated heterocycles. The summed E-state index contributed by atoms with van der Waals surface area (Å²) >= 11 is 1.55. The predicted octanol–water partition coefficient (Wildman–Crippen LogP) is 2.65. The molecule has 1 aromatic heterocycles. The van der Waals surface area contributed by atoms with Gasteiger partial charge in [0.25, 0.3) is 5.91 Å². The van der Waals surface area contributed by atoms with Crippen molar-refractivity contribution >= 4 is 33.4 Å². The van der Waals surface area contributed by atoms with Crippen LogP contribution in [0.5, 0.6) is 0 Å². The highest BCUT2D eigenvalue weighted by atomic mass is 32.1. The van der Waals surface area contributed by atoms with Crippen LogP contribution in [0.3, 0.4) is 0 Å². The monoisotopic (exact) mass is 339 g/mol. The number of carbonyl (C=O) groups is 2. The van der Waals surface area contributed by atoms with E-state index in [9.17, 15) is 9.59 Å². The van der Waals surface area contributed by atoms with Gasteiger partial charge in [0.2, 0.25) is 5.91 Å². The molecule has 0 aliphatic rings. The molecule has 5 nitrogen and oxygen atoms in total. The standard InChI is InChI=1S/C18H17N3O2S/c1-12-6-2-3-7-13(12)18(23)20-10-16(22)19-11-17-21-14-8-4-5-9-15(14)24-17/h2-9H,10-11H2,1H3,(H,19,22)(H,20,23). The van der Waals surface area contributed by atoms with Crippen LogP contribution in [-0.4, -0.2) is 23.3 Å². The molecule has 0 atom stereocenters. The molecule has 0 saturated carbocycles. The number of nitrogens with zero attached hydrogens (tertiary/aromatic N) is 1. The molecular formula is C18H17N3O2S. The molecule has 122 valence electrons. The highest BCUT2D eigenvalue weighted by Gasteiger charge is 2.10. The van der Waals surface area contributed by atoms with Gasteiger partial charge in [-0.3, -0.25) is 9.59 Å². The Labute approximate surface area is 143 Å². The molecule has 3 rings (SSSR count). The van der Waals surface area contributed by atoms with E-state index in [1.54, 1.807) is 23.5 Å². The molecule has 0 radical (unpaired) electrons. The fourth-order valence-corrected chi connectivity index (χ4v) is 3.22. The summed E-state index contributed by atoms with van der Waals surface area (Å²) in [4.78, 5) is 28.4. The Balaban J connectivity index is 1.51. The lowest BCUT2D eigenvalue weighted by Crippen LogP contribution is -2.36. The van der Waals surface area contributed by atoms with Crippen LogP contribution < -0.4 is 10.6 Å². The van der Waals surface area contributed by atoms with Crippen molar-refractivity contribution in [2.24, 2.45) is 0 Å². The Morgan fingerprint density at radius 3 is 2.58 bits per heavy atom. The van der Waals surface area contributed by atoms with Crippen molar-refractivity contribution < 1.29 is 9.59 Å². The molecular weight excluding hydrogens is 322 g/mol. The summed E-state index contributed by atoms with van der Waals surface area (Å²) in [7, 11) is 0. The van der Waals surface area contributed by atoms with Crippen molar-refractivity contribution in [1.82, 2.24) is 15.6 Å². The topological polar surface area (TPSA) is 71.1 Å². The van der Waals surface area contributed by atoms with Gasteiger partial charge in [-0.15, -0.1) is 11.3 Å². The minimum absolute atomic E-state index is 0.0575. The van der Waals surface area contributed by atoms with Gasteiger partial charge in [0.1, 0.15) is 5.01 Å². The Morgan fingerprint density at radius 1 is 1.04 bits per heavy atom. The molecule has 3 aromatic rings. The van der Waals surface area contributed by atoms with Crippen molar-refractivity contribution in [3.63, 3.8) is 0 Å². The number of para-hydroxylation sites is 1. The average Bonchev–Trinajstić information content (AvgIpc) is 3.01. The minimum Gasteiger partial charge on any atom is -0.348 e. The number of carbonyl (C=O) groups excluding carboxylic acids is 2. The minimum atomic E-state index is -0.247. The number of hydrogen-bond acceptors (Lipinski definition) is 4. The number of nitrogens with one attached hydrogen (secondary N) is 2. The summed E-state index contributed by atoms with van der Waals surface area (Å²) < 4.78 is 1.09. The first kappa shape index (κ1) is 16.1. The number of aryl methyl sites for hydroxylation is 1. The summed E-state index contributed by atoms with van der Waals surface area (Å²) in [5.74, 6) is -0.487. The van der Waals surface area contributed by atoms with Crippen LogP contribution >= 0.6 is 11.3 Å². The van der Waals surface area contributed by atoms with E-state index >= 15 is 0 Å². The van der Waals surface area contributed by atoms with Crippen LogP contribution in [0, 0.1) is 6.92 Å². The third kappa shape index (κ3) is 3.78. The van der Waals surface area contributed by atoms with Gasteiger partial charge in [-0.25, -0.2) is 4.98 Å². The van der Waals surface area contributed by atoms with Gasteiger partial charge in [-0.2, -0.15) is 0 Å². The van der Waals surface area contributed by atoms with Gasteiger partial charge < -0.3 is 10.6 Å². The molecule has 6 heteroatoms. The molecule has 0 aliphatic heterocycles. The molecule has 1 heterocycles. The van der Waals surface area contributed by atoms with Crippen molar-refractivity contribution in [3.05, 3.63) is 64.7 Å². The van der Waals surface area contributed by atoms with Crippen molar-refractivity contribution in [3.8, 4) is 0 Å². The molecule has 0 aliphatic carbocycles. The molecule has 2 amide bonds. The molecule has 0 spiro atoms. The van der Waals surface area contributed by atoms with Crippen LogP contribution in [-0.2, 0) is 11.3 Å². The fourth-order valence-electron chi connectivity index (χ4n) is 2.32. The highest BCUT2D eigenvalue weighted by molar-refractivity contribution is 7.18. The summed E-state index contributed by atoms with van der Waals surface area (Å²) in [6, 6.07) is 15.1. The van der Waals surface area contributed by atoms with E-state index in [0.29, 0.717) is 12.1 Å². The maximum Gasteiger partial charge on any atom is 0.251 e. The zero-order valence-electron chi connectivity index (χ0n) is 13.2. The normalized spacial score (nSPS) is 10.5. The third-order valence-corrected chi connectivity index (χ3v) is 4.61. The average molecular weight is 339 g/mol. The van der Waals surface area contributed by atoms with E-state index in [-0.39, 0.29) is 18.4 Å². The zero-order chi connectivity index (χ0) is 16.9. The maximum atomic E-state index is 12.1. The second kappa shape index (κ2) is 7.23. The first-order valence-corrected chi connectivity index (χ1v) is 8.40. The summed E-state index contributed by atoms with van der Waals surface area (Å²) in [6.07, 6.45) is 0. The van der Waals surface area contributed by atoms with E-state index in [1.165, 1.54) is 0 Å². The van der Waals surface area contributed by atoms with Crippen LogP contribution in [0.2, 0.25) is 0 Å². The number of fused-ring (bicyclic) bond motifs is 1. The Kier molecular flexibility index (Phi) is 4.86. The van der Waals surface area contributed by atoms with Gasteiger partial charge in [0.05, 0.1) is 23.3 Å². The van der Waals surface area contributed by atoms with Crippen LogP contribution in [0.15, 0.2) is 48.5 Å². The SMILES string of the molecule is Cc1ccccc1C(=O)NCC(=O)NCc1nc2ccccc2s1. The number of aromatic nitrogens is 1. The number of amides is 2. The Bertz CT molecular complexity index is 856. The summed E-state index contributed by atoms with van der Waals surface area (Å²) in [5, 5.41) is 6.25. The quantitative estimate of drug-likeness (QED) is 0.751. The Hall–Kier alpha value is -2.73. The van der Waals surface area contributed by atoms with Crippen molar-refractivity contribution in [2.45, 2.75) is 13.5 Å². The predicted molar refractivity (Wildman–Crippen MR) is 95.0 cm³/mol. The second-order valence-electron chi connectivity index (χ2n) is 5.35. The maximum absolute atomic E-state index is 12.1. The highest BCUT2D eigenvalue weighted by Crippen LogP contribution is 2.21. The number of thiazole rings is 1. The van der Waals surface area contributed by atoms with Crippen LogP contribution in [0.25, 0.3) is 10.2 Å². The van der Waals surface area contributed by atoms with Crippen molar-refractivity contribution in [1.29, 1.82) is 0 Å². The Morgan fingerprint density at radius 2 is 1.79 bits per heavy atom. The lowest BCUT2D eigenvalue weighted by atomic mass is 10.1. The first-order valence-electron chi connectivity index (χ1n) is 7.58. The van der Waals surface area contributed by atoms with Gasteiger partial charge in [0, 0.05) is 5.56 Å². The van der Waals surface area contributed by atoms with Crippen LogP contribution in [0.1, 0.15) is 20.9 Å². The second-order valence-corrected chi connectivity index (χ2v) is 6.46. The summed E-state index contributed by atoms with van der Waals surface area (Å²) in [6.45, 7) is 2.17. The number of hydrogen-bond donors (Lipinski definition) is 2. The van der Waals surface area contributed by atoms with Crippen molar-refractivity contribution in [2.75, 3.05) is 6.54 Å². The molecule has 24 heavy (non-hydrogen) atoms. The van der Waals surface area contributed by atoms with E-state index in [1.807, 2.05) is 43.3 Å². The fraction of sp³-hybridized carbons (Fsp3) is 0.167.